The van der Waals surface area contributed by atoms with Crippen LogP contribution in [0.5, 0.6) is 5.75 Å². The summed E-state index contributed by atoms with van der Waals surface area (Å²) in [6, 6.07) is 15.9. The number of carbonyl (C=O) groups excluding carboxylic acids is 5. The Kier molecular flexibility index (Phi) is 7.90. The number of phenols is 1. The fourth-order valence-corrected chi connectivity index (χ4v) is 10.9. The Morgan fingerprint density at radius 3 is 2.18 bits per heavy atom. The Bertz CT molecular complexity index is 1950. The van der Waals surface area contributed by atoms with Gasteiger partial charge in [-0.05, 0) is 82.5 Å². The summed E-state index contributed by atoms with van der Waals surface area (Å²) in [5.41, 5.74) is -1.70. The predicted octanol–water partition coefficient (Wildman–Crippen LogP) is 7.04. The Balaban J connectivity index is 1.38. The number of fused-ring (bicyclic) bond motifs is 4. The van der Waals surface area contributed by atoms with Gasteiger partial charge in [0.15, 0.2) is 28.7 Å². The summed E-state index contributed by atoms with van der Waals surface area (Å²) in [4.78, 5) is 69.7. The number of hydrogen-bond acceptors (Lipinski definition) is 7. The molecule has 0 aromatic heterocycles. The number of ketones is 5. The van der Waals surface area contributed by atoms with Gasteiger partial charge in [0.25, 0.3) is 0 Å². The Hall–Kier alpha value is -3.97. The quantitative estimate of drug-likeness (QED) is 0.281. The zero-order valence-electron chi connectivity index (χ0n) is 29.1. The first-order chi connectivity index (χ1) is 23.2. The maximum Gasteiger partial charge on any atom is 0.190 e. The molecule has 0 amide bonds. The number of phenolic OH excluding ortho intramolecular Hbond substituents is 1. The van der Waals surface area contributed by atoms with Crippen molar-refractivity contribution >= 4 is 39.7 Å². The fourth-order valence-electron chi connectivity index (χ4n) is 10.9. The Morgan fingerprint density at radius 2 is 1.53 bits per heavy atom. The van der Waals surface area contributed by atoms with Gasteiger partial charge in [0, 0.05) is 11.3 Å². The van der Waals surface area contributed by atoms with E-state index in [1.54, 1.807) is 20.8 Å². The van der Waals surface area contributed by atoms with Crippen LogP contribution < -0.4 is 0 Å². The van der Waals surface area contributed by atoms with E-state index >= 15 is 0 Å². The average molecular weight is 663 g/mol. The summed E-state index contributed by atoms with van der Waals surface area (Å²) in [6.07, 6.45) is 7.56. The first-order valence-electron chi connectivity index (χ1n) is 17.9. The van der Waals surface area contributed by atoms with Crippen LogP contribution in [0.25, 0.3) is 21.9 Å². The maximum absolute atomic E-state index is 14.6. The minimum absolute atomic E-state index is 0.0266. The second-order valence-corrected chi connectivity index (χ2v) is 16.3. The monoisotopic (exact) mass is 662 g/mol. The van der Waals surface area contributed by atoms with E-state index in [2.05, 4.69) is 24.3 Å². The summed E-state index contributed by atoms with van der Waals surface area (Å²) in [6.45, 7) is 8.13. The van der Waals surface area contributed by atoms with E-state index in [1.165, 1.54) is 43.7 Å². The molecule has 3 unspecified atom stereocenters. The van der Waals surface area contributed by atoms with E-state index in [4.69, 9.17) is 0 Å². The van der Waals surface area contributed by atoms with Crippen LogP contribution in [0.15, 0.2) is 48.5 Å². The van der Waals surface area contributed by atoms with Gasteiger partial charge in [0.1, 0.15) is 17.5 Å². The average Bonchev–Trinajstić information content (AvgIpc) is 3.03. The minimum Gasteiger partial charge on any atom is -0.507 e. The van der Waals surface area contributed by atoms with E-state index in [1.807, 2.05) is 25.1 Å². The van der Waals surface area contributed by atoms with Gasteiger partial charge < -0.3 is 10.2 Å². The molecule has 6 atom stereocenters. The van der Waals surface area contributed by atoms with Crippen LogP contribution in [-0.2, 0) is 32.0 Å². The number of Topliss-reactive ketones (excluding diaryl/α,β-unsaturated/α-hetero) is 5. The first-order valence-corrected chi connectivity index (χ1v) is 17.9. The molecule has 3 aromatic carbocycles. The van der Waals surface area contributed by atoms with Crippen molar-refractivity contribution in [1.82, 2.24) is 0 Å². The number of benzene rings is 3. The summed E-state index contributed by atoms with van der Waals surface area (Å²) < 4.78 is 0. The number of hydrogen-bond donors (Lipinski definition) is 2. The molecule has 7 rings (SSSR count). The standard InChI is InChI=1S/C42H46O7/c1-22(2)34-36(45)32(23(3)43)38(47)42(49)39(48)35-37(46)33-30(20-40(35,4)21-41(34,42)5)29(17-18-31(33)44)28-16-15-25(19-24-11-7-6-8-12-24)26-13-9-10-14-27(26)28/h9-10,13-18,22,24,32,34-35,44,49H,6-8,11-12,19-21H2,1-5H3/t32?,34?,35?,40-,41-,42+/m1/s1. The van der Waals surface area contributed by atoms with Crippen LogP contribution in [0.4, 0.5) is 0 Å². The number of aliphatic hydroxyl groups is 1. The highest BCUT2D eigenvalue weighted by molar-refractivity contribution is 6.32. The molecule has 0 heterocycles. The molecule has 4 aliphatic carbocycles. The van der Waals surface area contributed by atoms with Gasteiger partial charge >= 0.3 is 0 Å². The van der Waals surface area contributed by atoms with Gasteiger partial charge in [-0.15, -0.1) is 0 Å². The second-order valence-electron chi connectivity index (χ2n) is 16.3. The predicted molar refractivity (Wildman–Crippen MR) is 186 cm³/mol. The molecule has 7 nitrogen and oxygen atoms in total. The third-order valence-electron chi connectivity index (χ3n) is 12.8. The summed E-state index contributed by atoms with van der Waals surface area (Å²) in [7, 11) is 0. The normalized spacial score (nSPS) is 31.9. The van der Waals surface area contributed by atoms with Crippen LogP contribution in [0.1, 0.15) is 94.6 Å². The molecule has 3 saturated carbocycles. The molecule has 3 aromatic rings. The third-order valence-corrected chi connectivity index (χ3v) is 12.8. The minimum atomic E-state index is -2.71. The largest absolute Gasteiger partial charge is 0.507 e. The highest BCUT2D eigenvalue weighted by Gasteiger charge is 2.76. The summed E-state index contributed by atoms with van der Waals surface area (Å²) in [5.74, 6) is -8.22. The van der Waals surface area contributed by atoms with Crippen molar-refractivity contribution in [2.24, 2.45) is 40.4 Å². The number of rotatable bonds is 5. The lowest BCUT2D eigenvalue weighted by atomic mass is 9.40. The number of carbonyl (C=O) groups is 5. The van der Waals surface area contributed by atoms with Gasteiger partial charge in [-0.2, -0.15) is 0 Å². The van der Waals surface area contributed by atoms with Crippen molar-refractivity contribution in [3.05, 3.63) is 65.2 Å². The highest BCUT2D eigenvalue weighted by Crippen LogP contribution is 2.64. The Labute approximate surface area is 287 Å². The van der Waals surface area contributed by atoms with Crippen LogP contribution in [0.3, 0.4) is 0 Å². The SMILES string of the molecule is CC(=O)C1C(=O)C(C(C)C)[C@@]2(C)C[C@@]3(C)Cc4c(-c5ccc(CC6CCCCC6)c6ccccc56)ccc(O)c4C(=O)C3C(=O)[C@@]2(O)C1=O. The van der Waals surface area contributed by atoms with E-state index < -0.39 is 69.0 Å². The van der Waals surface area contributed by atoms with Gasteiger partial charge in [-0.25, -0.2) is 0 Å². The van der Waals surface area contributed by atoms with Crippen LogP contribution in [0, 0.1) is 40.4 Å². The summed E-state index contributed by atoms with van der Waals surface area (Å²) in [5, 5.41) is 25.7. The molecule has 256 valence electrons. The van der Waals surface area contributed by atoms with Crippen LogP contribution >= 0.6 is 0 Å². The molecule has 0 radical (unpaired) electrons. The third kappa shape index (κ3) is 4.67. The fraction of sp³-hybridized carbons (Fsp3) is 0.500. The van der Waals surface area contributed by atoms with Crippen LogP contribution in [-0.4, -0.2) is 44.7 Å². The molecule has 4 aliphatic rings. The van der Waals surface area contributed by atoms with E-state index in [0.29, 0.717) is 11.5 Å². The number of aromatic hydroxyl groups is 1. The molecular weight excluding hydrogens is 616 g/mol. The smallest absolute Gasteiger partial charge is 0.190 e. The zero-order valence-corrected chi connectivity index (χ0v) is 29.1. The molecule has 2 N–H and O–H groups in total. The first kappa shape index (κ1) is 33.5. The lowest BCUT2D eigenvalue weighted by molar-refractivity contribution is -0.205. The molecule has 3 fully saturated rings. The lowest BCUT2D eigenvalue weighted by Crippen LogP contribution is -2.76. The van der Waals surface area contributed by atoms with Crippen molar-refractivity contribution in [1.29, 1.82) is 0 Å². The zero-order chi connectivity index (χ0) is 35.2. The second kappa shape index (κ2) is 11.5. The van der Waals surface area contributed by atoms with Gasteiger partial charge in [-0.3, -0.25) is 24.0 Å². The van der Waals surface area contributed by atoms with Crippen LogP contribution in [0.2, 0.25) is 0 Å². The van der Waals surface area contributed by atoms with Crippen molar-refractivity contribution in [3.63, 3.8) is 0 Å². The van der Waals surface area contributed by atoms with Crippen molar-refractivity contribution in [2.75, 3.05) is 0 Å². The molecule has 0 saturated heterocycles. The lowest BCUT2D eigenvalue weighted by Gasteiger charge is -2.61. The van der Waals surface area contributed by atoms with Crippen molar-refractivity contribution < 1.29 is 34.2 Å². The molecular formula is C42H46O7. The van der Waals surface area contributed by atoms with E-state index in [0.717, 1.165) is 35.2 Å². The van der Waals surface area contributed by atoms with Gasteiger partial charge in [0.2, 0.25) is 0 Å². The molecule has 0 bridgehead atoms. The van der Waals surface area contributed by atoms with Crippen molar-refractivity contribution in [2.45, 2.75) is 91.6 Å². The summed E-state index contributed by atoms with van der Waals surface area (Å²) >= 11 is 0. The Morgan fingerprint density at radius 1 is 0.878 bits per heavy atom. The molecule has 0 spiro atoms. The van der Waals surface area contributed by atoms with Gasteiger partial charge in [0.05, 0.1) is 11.5 Å². The van der Waals surface area contributed by atoms with E-state index in [-0.39, 0.29) is 24.2 Å². The molecule has 7 heteroatoms. The maximum atomic E-state index is 14.6. The van der Waals surface area contributed by atoms with E-state index in [9.17, 15) is 34.2 Å². The molecule has 49 heavy (non-hydrogen) atoms. The van der Waals surface area contributed by atoms with Crippen molar-refractivity contribution in [3.8, 4) is 16.9 Å². The topological polar surface area (TPSA) is 126 Å². The van der Waals surface area contributed by atoms with Gasteiger partial charge in [-0.1, -0.05) is 102 Å². The molecule has 0 aliphatic heterocycles. The highest BCUT2D eigenvalue weighted by atomic mass is 16.3.